The summed E-state index contributed by atoms with van der Waals surface area (Å²) in [5.41, 5.74) is 4.59. The summed E-state index contributed by atoms with van der Waals surface area (Å²) in [6.07, 6.45) is 5.02. The number of methoxy groups -OCH3 is 1. The first-order valence-electron chi connectivity index (χ1n) is 14.2. The lowest BCUT2D eigenvalue weighted by molar-refractivity contribution is 0.00245. The molecule has 0 spiro atoms. The van der Waals surface area contributed by atoms with Gasteiger partial charge >= 0.3 is 0 Å². The summed E-state index contributed by atoms with van der Waals surface area (Å²) >= 11 is 0. The summed E-state index contributed by atoms with van der Waals surface area (Å²) in [7, 11) is 1.62. The van der Waals surface area contributed by atoms with Crippen molar-refractivity contribution in [2.24, 2.45) is 0 Å². The van der Waals surface area contributed by atoms with E-state index in [1.165, 1.54) is 10.9 Å². The number of fused-ring (bicyclic) bond motifs is 2. The van der Waals surface area contributed by atoms with Gasteiger partial charge in [0.05, 0.1) is 25.4 Å². The third kappa shape index (κ3) is 5.31. The maximum absolute atomic E-state index is 13.9. The van der Waals surface area contributed by atoms with Gasteiger partial charge in [0.25, 0.3) is 0 Å². The number of H-pyrrole nitrogens is 1. The number of aryl methyl sites for hydroxylation is 1. The number of piperidine rings is 1. The first-order chi connectivity index (χ1) is 20.1. The van der Waals surface area contributed by atoms with Crippen LogP contribution >= 0.6 is 0 Å². The van der Waals surface area contributed by atoms with E-state index in [-0.39, 0.29) is 17.3 Å². The highest BCUT2D eigenvalue weighted by Gasteiger charge is 2.36. The molecule has 1 atom stereocenters. The second-order valence-electron chi connectivity index (χ2n) is 10.9. The topological polar surface area (TPSA) is 70.1 Å². The molecule has 41 heavy (non-hydrogen) atoms. The van der Waals surface area contributed by atoms with Crippen LogP contribution in [0.5, 0.6) is 5.75 Å². The number of nitrogens with zero attached hydrogens (tertiary/aromatic N) is 1. The smallest absolute Gasteiger partial charge is 0.143 e. The molecule has 6 heteroatoms. The minimum absolute atomic E-state index is 0.236. The van der Waals surface area contributed by atoms with E-state index < -0.39 is 0 Å². The lowest BCUT2D eigenvalue weighted by Crippen LogP contribution is -2.43. The molecular weight excluding hydrogens is 513 g/mol. The number of ether oxygens (including phenoxy) is 2. The molecule has 0 saturated carbocycles. The maximum atomic E-state index is 13.9. The number of halogens is 1. The van der Waals surface area contributed by atoms with Gasteiger partial charge in [-0.1, -0.05) is 54.6 Å². The Kier molecular flexibility index (Phi) is 7.74. The average molecular weight is 548 g/mol. The second-order valence-corrected chi connectivity index (χ2v) is 10.9. The fraction of sp³-hybridized carbons (Fsp3) is 0.286. The van der Waals surface area contributed by atoms with E-state index in [0.29, 0.717) is 24.3 Å². The first kappa shape index (κ1) is 27.0. The van der Waals surface area contributed by atoms with Crippen molar-refractivity contribution < 1.29 is 13.9 Å². The van der Waals surface area contributed by atoms with Gasteiger partial charge in [-0.25, -0.2) is 4.39 Å². The minimum Gasteiger partial charge on any atom is -0.495 e. The molecule has 4 aromatic carbocycles. The summed E-state index contributed by atoms with van der Waals surface area (Å²) in [5, 5.41) is 16.7. The number of aromatic nitrogens is 1. The molecule has 2 heterocycles. The largest absolute Gasteiger partial charge is 0.495 e. The zero-order valence-corrected chi connectivity index (χ0v) is 23.3. The van der Waals surface area contributed by atoms with Crippen LogP contribution in [0.15, 0.2) is 85.1 Å². The van der Waals surface area contributed by atoms with Crippen LogP contribution in [0, 0.1) is 17.1 Å². The van der Waals surface area contributed by atoms with Crippen molar-refractivity contribution in [3.05, 3.63) is 113 Å². The van der Waals surface area contributed by atoms with Crippen LogP contribution in [-0.4, -0.2) is 31.8 Å². The Morgan fingerprint density at radius 1 is 0.976 bits per heavy atom. The van der Waals surface area contributed by atoms with E-state index >= 15 is 0 Å². The monoisotopic (exact) mass is 547 g/mol. The van der Waals surface area contributed by atoms with Crippen molar-refractivity contribution in [3.63, 3.8) is 0 Å². The summed E-state index contributed by atoms with van der Waals surface area (Å²) < 4.78 is 26.8. The molecule has 0 bridgehead atoms. The Morgan fingerprint density at radius 3 is 2.46 bits per heavy atom. The standard InChI is InChI=1S/C35H34FN3O2/c1-40-34-26(21-37)20-24-6-2-3-8-30(24)33(34)32(15-10-25-22-39-31-9-5-4-7-29(25)31)41-23-35(16-18-38-19-17-35)27-11-13-28(36)14-12-27/h2-9,11-14,20,22,32,38-39H,10,15-19,23H2,1H3. The third-order valence-corrected chi connectivity index (χ3v) is 8.62. The van der Waals surface area contributed by atoms with Gasteiger partial charge in [0.1, 0.15) is 17.6 Å². The molecule has 1 unspecified atom stereocenters. The van der Waals surface area contributed by atoms with Gasteiger partial charge in [-0.05, 0) is 84.9 Å². The summed E-state index contributed by atoms with van der Waals surface area (Å²) in [4.78, 5) is 3.39. The summed E-state index contributed by atoms with van der Waals surface area (Å²) in [6, 6.07) is 27.6. The van der Waals surface area contributed by atoms with Crippen molar-refractivity contribution in [1.82, 2.24) is 10.3 Å². The predicted molar refractivity (Wildman–Crippen MR) is 161 cm³/mol. The van der Waals surface area contributed by atoms with Gasteiger partial charge in [0.15, 0.2) is 0 Å². The Morgan fingerprint density at radius 2 is 1.71 bits per heavy atom. The third-order valence-electron chi connectivity index (χ3n) is 8.62. The van der Waals surface area contributed by atoms with Crippen LogP contribution in [0.1, 0.15) is 47.6 Å². The quantitative estimate of drug-likeness (QED) is 0.202. The number of benzene rings is 4. The van der Waals surface area contributed by atoms with E-state index in [9.17, 15) is 9.65 Å². The van der Waals surface area contributed by atoms with E-state index in [1.807, 2.05) is 42.5 Å². The van der Waals surface area contributed by atoms with Gasteiger partial charge in [-0.2, -0.15) is 5.26 Å². The number of nitrogens with one attached hydrogen (secondary N) is 2. The molecule has 5 nitrogen and oxygen atoms in total. The van der Waals surface area contributed by atoms with E-state index in [0.717, 1.165) is 59.8 Å². The summed E-state index contributed by atoms with van der Waals surface area (Å²) in [5.74, 6) is 0.330. The number of hydrogen-bond donors (Lipinski definition) is 2. The Labute approximate surface area is 239 Å². The van der Waals surface area contributed by atoms with Crippen molar-refractivity contribution in [3.8, 4) is 11.8 Å². The fourth-order valence-corrected chi connectivity index (χ4v) is 6.40. The van der Waals surface area contributed by atoms with Crippen molar-refractivity contribution in [2.75, 3.05) is 26.8 Å². The van der Waals surface area contributed by atoms with Gasteiger partial charge in [0, 0.05) is 28.1 Å². The fourth-order valence-electron chi connectivity index (χ4n) is 6.40. The molecule has 208 valence electrons. The van der Waals surface area contributed by atoms with Crippen LogP contribution in [0.4, 0.5) is 4.39 Å². The Bertz CT molecular complexity index is 1700. The maximum Gasteiger partial charge on any atom is 0.143 e. The van der Waals surface area contributed by atoms with E-state index in [4.69, 9.17) is 9.47 Å². The molecule has 1 aliphatic rings. The molecule has 0 aliphatic carbocycles. The van der Waals surface area contributed by atoms with Crippen LogP contribution in [0.25, 0.3) is 21.7 Å². The molecule has 6 rings (SSSR count). The Balaban J connectivity index is 1.41. The second kappa shape index (κ2) is 11.7. The van der Waals surface area contributed by atoms with Crippen LogP contribution < -0.4 is 10.1 Å². The van der Waals surface area contributed by atoms with Crippen LogP contribution in [0.3, 0.4) is 0 Å². The molecule has 1 aromatic heterocycles. The summed E-state index contributed by atoms with van der Waals surface area (Å²) in [6.45, 7) is 2.22. The highest BCUT2D eigenvalue weighted by molar-refractivity contribution is 5.90. The number of hydrogen-bond acceptors (Lipinski definition) is 4. The molecular formula is C35H34FN3O2. The van der Waals surface area contributed by atoms with Crippen LogP contribution in [-0.2, 0) is 16.6 Å². The van der Waals surface area contributed by atoms with Gasteiger partial charge in [-0.3, -0.25) is 0 Å². The predicted octanol–water partition coefficient (Wildman–Crippen LogP) is 7.35. The molecule has 5 aromatic rings. The van der Waals surface area contributed by atoms with Crippen LogP contribution in [0.2, 0.25) is 0 Å². The number of rotatable bonds is 9. The molecule has 1 fully saturated rings. The number of nitriles is 1. The number of para-hydroxylation sites is 1. The lowest BCUT2D eigenvalue weighted by Gasteiger charge is -2.39. The highest BCUT2D eigenvalue weighted by atomic mass is 19.1. The number of aromatic amines is 1. The molecule has 0 radical (unpaired) electrons. The SMILES string of the molecule is COc1c(C#N)cc2ccccc2c1C(CCc1c[nH]c2ccccc12)OCC1(c2ccc(F)cc2)CCNCC1. The average Bonchev–Trinajstić information content (AvgIpc) is 3.44. The van der Waals surface area contributed by atoms with Crippen molar-refractivity contribution >= 4 is 21.7 Å². The first-order valence-corrected chi connectivity index (χ1v) is 14.2. The van der Waals surface area contributed by atoms with Gasteiger partial charge in [-0.15, -0.1) is 0 Å². The zero-order chi connectivity index (χ0) is 28.2. The van der Waals surface area contributed by atoms with E-state index in [1.54, 1.807) is 19.2 Å². The lowest BCUT2D eigenvalue weighted by atomic mass is 9.74. The zero-order valence-electron chi connectivity index (χ0n) is 23.3. The minimum atomic E-state index is -0.330. The van der Waals surface area contributed by atoms with Gasteiger partial charge in [0.2, 0.25) is 0 Å². The van der Waals surface area contributed by atoms with Gasteiger partial charge < -0.3 is 19.8 Å². The molecule has 1 saturated heterocycles. The normalized spacial score (nSPS) is 15.5. The van der Waals surface area contributed by atoms with Crippen molar-refractivity contribution in [1.29, 1.82) is 5.26 Å². The molecule has 1 aliphatic heterocycles. The Hall–Kier alpha value is -4.18. The highest BCUT2D eigenvalue weighted by Crippen LogP contribution is 2.42. The van der Waals surface area contributed by atoms with E-state index in [2.05, 4.69) is 46.8 Å². The molecule has 0 amide bonds. The van der Waals surface area contributed by atoms with Crippen molar-refractivity contribution in [2.45, 2.75) is 37.2 Å². The molecule has 2 N–H and O–H groups in total.